The van der Waals surface area contributed by atoms with Gasteiger partial charge in [0.1, 0.15) is 0 Å². The van der Waals surface area contributed by atoms with Crippen LogP contribution in [0, 0.1) is 11.3 Å². The number of hydrogen-bond acceptors (Lipinski definition) is 2. The molecule has 0 saturated carbocycles. The molecule has 1 unspecified atom stereocenters. The van der Waals surface area contributed by atoms with Gasteiger partial charge in [-0.3, -0.25) is 0 Å². The van der Waals surface area contributed by atoms with E-state index < -0.39 is 0 Å². The molecule has 2 heteroatoms. The first-order valence-electron chi connectivity index (χ1n) is 2.81. The van der Waals surface area contributed by atoms with Crippen molar-refractivity contribution >= 4 is 0 Å². The van der Waals surface area contributed by atoms with Crippen molar-refractivity contribution in [3.8, 4) is 6.07 Å². The van der Waals surface area contributed by atoms with Crippen LogP contribution < -0.4 is 0 Å². The predicted molar refractivity (Wildman–Crippen MR) is 35.8 cm³/mol. The van der Waals surface area contributed by atoms with Gasteiger partial charge < -0.3 is 4.74 Å². The van der Waals surface area contributed by atoms with Gasteiger partial charge >= 0.3 is 0 Å². The maximum absolute atomic E-state index is 8.20. The Morgan fingerprint density at radius 1 is 1.78 bits per heavy atom. The van der Waals surface area contributed by atoms with Gasteiger partial charge in [-0.15, -0.1) is 0 Å². The Balaban J connectivity index is 3.89. The lowest BCUT2D eigenvalue weighted by atomic mass is 10.2. The highest BCUT2D eigenvalue weighted by Crippen LogP contribution is 2.01. The van der Waals surface area contributed by atoms with Crippen molar-refractivity contribution in [2.45, 2.75) is 20.0 Å². The number of allylic oxidation sites excluding steroid dienone is 1. The Morgan fingerprint density at radius 3 is 2.67 bits per heavy atom. The van der Waals surface area contributed by atoms with E-state index in [0.29, 0.717) is 0 Å². The van der Waals surface area contributed by atoms with Crippen molar-refractivity contribution in [2.75, 3.05) is 7.11 Å². The Kier molecular flexibility index (Phi) is 3.74. The number of ether oxygens (including phenoxy) is 1. The normalized spacial score (nSPS) is 14.7. The van der Waals surface area contributed by atoms with E-state index in [-0.39, 0.29) is 6.10 Å². The van der Waals surface area contributed by atoms with Gasteiger partial charge in [0.25, 0.3) is 0 Å². The van der Waals surface area contributed by atoms with Crippen molar-refractivity contribution in [1.29, 1.82) is 5.26 Å². The molecule has 0 aliphatic rings. The third-order valence-corrected chi connectivity index (χ3v) is 1.29. The Labute approximate surface area is 55.7 Å². The second kappa shape index (κ2) is 4.11. The molecule has 1 atom stereocenters. The van der Waals surface area contributed by atoms with E-state index in [1.807, 2.05) is 19.9 Å². The molecule has 0 rings (SSSR count). The summed E-state index contributed by atoms with van der Waals surface area (Å²) in [5.74, 6) is 0. The lowest BCUT2D eigenvalue weighted by Gasteiger charge is -2.06. The molecule has 0 radical (unpaired) electrons. The van der Waals surface area contributed by atoms with Crippen LogP contribution in [0.15, 0.2) is 11.6 Å². The molecule has 0 aromatic rings. The second-order valence-corrected chi connectivity index (χ2v) is 1.90. The Bertz CT molecular complexity index is 143. The highest BCUT2D eigenvalue weighted by atomic mass is 16.5. The minimum atomic E-state index is 0.0599. The number of methoxy groups -OCH3 is 1. The summed E-state index contributed by atoms with van der Waals surface area (Å²) < 4.78 is 4.95. The van der Waals surface area contributed by atoms with E-state index in [4.69, 9.17) is 10.00 Å². The molecule has 0 N–H and O–H groups in total. The summed E-state index contributed by atoms with van der Waals surface area (Å²) >= 11 is 0. The Hall–Kier alpha value is -0.810. The Morgan fingerprint density at radius 2 is 2.33 bits per heavy atom. The van der Waals surface area contributed by atoms with Crippen molar-refractivity contribution in [2.24, 2.45) is 0 Å². The van der Waals surface area contributed by atoms with Crippen LogP contribution in [0.2, 0.25) is 0 Å². The van der Waals surface area contributed by atoms with Gasteiger partial charge in [0.05, 0.1) is 12.2 Å². The highest BCUT2D eigenvalue weighted by Gasteiger charge is 1.98. The lowest BCUT2D eigenvalue weighted by molar-refractivity contribution is 0.147. The zero-order chi connectivity index (χ0) is 7.28. The first-order valence-corrected chi connectivity index (χ1v) is 2.81. The largest absolute Gasteiger partial charge is 0.377 e. The summed E-state index contributed by atoms with van der Waals surface area (Å²) in [6.45, 7) is 3.78. The quantitative estimate of drug-likeness (QED) is 0.524. The minimum Gasteiger partial charge on any atom is -0.377 e. The first-order chi connectivity index (χ1) is 4.22. The van der Waals surface area contributed by atoms with Gasteiger partial charge in [-0.25, -0.2) is 0 Å². The van der Waals surface area contributed by atoms with Crippen molar-refractivity contribution in [1.82, 2.24) is 0 Å². The third-order valence-electron chi connectivity index (χ3n) is 1.29. The number of nitrogens with zero attached hydrogens (tertiary/aromatic N) is 1. The van der Waals surface area contributed by atoms with Crippen LogP contribution in [-0.4, -0.2) is 13.2 Å². The molecule has 0 aliphatic heterocycles. The monoisotopic (exact) mass is 125 g/mol. The first kappa shape index (κ1) is 8.19. The maximum Gasteiger partial charge on any atom is 0.0912 e. The lowest BCUT2D eigenvalue weighted by Crippen LogP contribution is -2.05. The molecule has 0 saturated heterocycles. The van der Waals surface area contributed by atoms with E-state index >= 15 is 0 Å². The number of nitriles is 1. The molecular formula is C7H11NO. The SMILES string of the molecule is COC(C)C(C)=CC#N. The molecule has 0 spiro atoms. The molecule has 0 fully saturated rings. The van der Waals surface area contributed by atoms with Gasteiger partial charge in [0.2, 0.25) is 0 Å². The number of rotatable bonds is 2. The van der Waals surface area contributed by atoms with Crippen molar-refractivity contribution in [3.05, 3.63) is 11.6 Å². The van der Waals surface area contributed by atoms with Crippen LogP contribution in [0.5, 0.6) is 0 Å². The molecule has 0 heterocycles. The molecule has 0 aromatic carbocycles. The standard InChI is InChI=1S/C7H11NO/c1-6(4-5-8)7(2)9-3/h4,7H,1-3H3. The molecule has 50 valence electrons. The van der Waals surface area contributed by atoms with Crippen LogP contribution in [0.25, 0.3) is 0 Å². The van der Waals surface area contributed by atoms with Crippen LogP contribution in [-0.2, 0) is 4.74 Å². The fourth-order valence-electron chi connectivity index (χ4n) is 0.405. The zero-order valence-corrected chi connectivity index (χ0v) is 6.01. The summed E-state index contributed by atoms with van der Waals surface area (Å²) in [4.78, 5) is 0. The fourth-order valence-corrected chi connectivity index (χ4v) is 0.405. The van der Waals surface area contributed by atoms with Crippen LogP contribution in [0.3, 0.4) is 0 Å². The summed E-state index contributed by atoms with van der Waals surface area (Å²) in [5, 5.41) is 8.20. The van der Waals surface area contributed by atoms with Gasteiger partial charge in [-0.05, 0) is 19.4 Å². The summed E-state index contributed by atoms with van der Waals surface area (Å²) in [6, 6.07) is 1.94. The van der Waals surface area contributed by atoms with E-state index in [2.05, 4.69) is 0 Å². The minimum absolute atomic E-state index is 0.0599. The van der Waals surface area contributed by atoms with Gasteiger partial charge in [-0.2, -0.15) is 5.26 Å². The van der Waals surface area contributed by atoms with E-state index in [9.17, 15) is 0 Å². The summed E-state index contributed by atoms with van der Waals surface area (Å²) in [6.07, 6.45) is 1.55. The van der Waals surface area contributed by atoms with Crippen molar-refractivity contribution < 1.29 is 4.74 Å². The molecule has 9 heavy (non-hydrogen) atoms. The molecule has 0 amide bonds. The highest BCUT2D eigenvalue weighted by molar-refractivity contribution is 5.14. The predicted octanol–water partition coefficient (Wildman–Crippen LogP) is 1.49. The molecule has 0 aliphatic carbocycles. The zero-order valence-electron chi connectivity index (χ0n) is 6.01. The molecule has 2 nitrogen and oxygen atoms in total. The third kappa shape index (κ3) is 2.89. The number of hydrogen-bond donors (Lipinski definition) is 0. The topological polar surface area (TPSA) is 33.0 Å². The fraction of sp³-hybridized carbons (Fsp3) is 0.571. The summed E-state index contributed by atoms with van der Waals surface area (Å²) in [7, 11) is 1.62. The van der Waals surface area contributed by atoms with Crippen LogP contribution in [0.4, 0.5) is 0 Å². The smallest absolute Gasteiger partial charge is 0.0912 e. The maximum atomic E-state index is 8.20. The van der Waals surface area contributed by atoms with E-state index in [1.165, 1.54) is 6.08 Å². The molecular weight excluding hydrogens is 114 g/mol. The van der Waals surface area contributed by atoms with Crippen LogP contribution >= 0.6 is 0 Å². The van der Waals surface area contributed by atoms with Gasteiger partial charge in [-0.1, -0.05) is 0 Å². The second-order valence-electron chi connectivity index (χ2n) is 1.90. The van der Waals surface area contributed by atoms with Gasteiger partial charge in [0.15, 0.2) is 0 Å². The summed E-state index contributed by atoms with van der Waals surface area (Å²) in [5.41, 5.74) is 0.958. The average molecular weight is 125 g/mol. The molecule has 0 bridgehead atoms. The van der Waals surface area contributed by atoms with E-state index in [0.717, 1.165) is 5.57 Å². The average Bonchev–Trinajstić information content (AvgIpc) is 1.87. The van der Waals surface area contributed by atoms with E-state index in [1.54, 1.807) is 7.11 Å². The van der Waals surface area contributed by atoms with Crippen molar-refractivity contribution in [3.63, 3.8) is 0 Å². The van der Waals surface area contributed by atoms with Crippen LogP contribution in [0.1, 0.15) is 13.8 Å². The van der Waals surface area contributed by atoms with Gasteiger partial charge in [0, 0.05) is 13.2 Å². The molecule has 0 aromatic heterocycles.